The highest BCUT2D eigenvalue weighted by atomic mass is 16.7. The molecule has 5 heteroatoms. The van der Waals surface area contributed by atoms with Gasteiger partial charge in [-0.2, -0.15) is 0 Å². The van der Waals surface area contributed by atoms with E-state index in [1.54, 1.807) is 18.2 Å². The van der Waals surface area contributed by atoms with Gasteiger partial charge in [-0.25, -0.2) is 0 Å². The van der Waals surface area contributed by atoms with Crippen molar-refractivity contribution in [3.8, 4) is 11.5 Å². The summed E-state index contributed by atoms with van der Waals surface area (Å²) in [6, 6.07) is 13.0. The van der Waals surface area contributed by atoms with E-state index in [0.717, 1.165) is 10.9 Å². The van der Waals surface area contributed by atoms with Gasteiger partial charge >= 0.3 is 0 Å². The van der Waals surface area contributed by atoms with Gasteiger partial charge in [0.2, 0.25) is 6.79 Å². The summed E-state index contributed by atoms with van der Waals surface area (Å²) in [5.41, 5.74) is 2.40. The molecule has 2 aromatic carbocycles. The van der Waals surface area contributed by atoms with Crippen LogP contribution in [0.15, 0.2) is 48.7 Å². The van der Waals surface area contributed by atoms with Crippen molar-refractivity contribution in [2.24, 2.45) is 7.05 Å². The van der Waals surface area contributed by atoms with Crippen molar-refractivity contribution in [2.75, 3.05) is 12.1 Å². The summed E-state index contributed by atoms with van der Waals surface area (Å²) in [6.45, 7) is 0.220. The number of aromatic nitrogens is 1. The first kappa shape index (κ1) is 12.8. The predicted octanol–water partition coefficient (Wildman–Crippen LogP) is 3.16. The van der Waals surface area contributed by atoms with Crippen molar-refractivity contribution in [1.82, 2.24) is 4.57 Å². The van der Waals surface area contributed by atoms with Crippen LogP contribution in [0.5, 0.6) is 11.5 Å². The second kappa shape index (κ2) is 4.80. The molecule has 0 radical (unpaired) electrons. The Morgan fingerprint density at radius 1 is 1.09 bits per heavy atom. The van der Waals surface area contributed by atoms with E-state index in [1.807, 2.05) is 42.1 Å². The summed E-state index contributed by atoms with van der Waals surface area (Å²) in [6.07, 6.45) is 1.98. The zero-order valence-corrected chi connectivity index (χ0v) is 12.0. The van der Waals surface area contributed by atoms with Crippen molar-refractivity contribution in [2.45, 2.75) is 0 Å². The molecule has 0 fully saturated rings. The van der Waals surface area contributed by atoms with Crippen LogP contribution < -0.4 is 14.8 Å². The average Bonchev–Trinajstić information content (AvgIpc) is 3.13. The van der Waals surface area contributed by atoms with Crippen molar-refractivity contribution in [3.63, 3.8) is 0 Å². The lowest BCUT2D eigenvalue weighted by atomic mass is 10.1. The van der Waals surface area contributed by atoms with Crippen LogP contribution in [0, 0.1) is 0 Å². The minimum absolute atomic E-state index is 0.149. The molecule has 0 atom stereocenters. The molecule has 3 aromatic rings. The van der Waals surface area contributed by atoms with Crippen molar-refractivity contribution < 1.29 is 14.3 Å². The number of anilines is 1. The van der Waals surface area contributed by atoms with E-state index in [9.17, 15) is 4.79 Å². The summed E-state index contributed by atoms with van der Waals surface area (Å²) in [5, 5.41) is 3.92. The normalized spacial score (nSPS) is 12.6. The number of carbonyl (C=O) groups is 1. The molecular formula is C17H14N2O3. The van der Waals surface area contributed by atoms with E-state index in [0.29, 0.717) is 22.7 Å². The Morgan fingerprint density at radius 3 is 2.86 bits per heavy atom. The molecule has 1 amide bonds. The third-order valence-corrected chi connectivity index (χ3v) is 3.78. The summed E-state index contributed by atoms with van der Waals surface area (Å²) in [7, 11) is 1.98. The maximum atomic E-state index is 12.4. The summed E-state index contributed by atoms with van der Waals surface area (Å²) in [4.78, 5) is 12.4. The molecule has 0 aliphatic carbocycles. The van der Waals surface area contributed by atoms with Gasteiger partial charge in [0.05, 0.1) is 0 Å². The highest BCUT2D eigenvalue weighted by Crippen LogP contribution is 2.34. The number of hydrogen-bond acceptors (Lipinski definition) is 3. The van der Waals surface area contributed by atoms with Crippen molar-refractivity contribution in [1.29, 1.82) is 0 Å². The van der Waals surface area contributed by atoms with Gasteiger partial charge in [0, 0.05) is 41.5 Å². The highest BCUT2D eigenvalue weighted by Gasteiger charge is 2.15. The highest BCUT2D eigenvalue weighted by molar-refractivity contribution is 6.06. The Balaban J connectivity index is 1.60. The van der Waals surface area contributed by atoms with Crippen LogP contribution >= 0.6 is 0 Å². The van der Waals surface area contributed by atoms with Crippen LogP contribution in [-0.2, 0) is 7.05 Å². The van der Waals surface area contributed by atoms with E-state index in [1.165, 1.54) is 0 Å². The molecule has 0 saturated heterocycles. The van der Waals surface area contributed by atoms with Gasteiger partial charge in [0.25, 0.3) is 5.91 Å². The number of ether oxygens (including phenoxy) is 2. The van der Waals surface area contributed by atoms with E-state index >= 15 is 0 Å². The van der Waals surface area contributed by atoms with E-state index in [-0.39, 0.29) is 12.7 Å². The number of amides is 1. The van der Waals surface area contributed by atoms with Crippen molar-refractivity contribution >= 4 is 22.5 Å². The van der Waals surface area contributed by atoms with Crippen LogP contribution in [0.3, 0.4) is 0 Å². The molecule has 4 rings (SSSR count). The second-order valence-electron chi connectivity index (χ2n) is 5.22. The predicted molar refractivity (Wildman–Crippen MR) is 83.4 cm³/mol. The Kier molecular flexibility index (Phi) is 2.79. The molecule has 1 aliphatic rings. The fraction of sp³-hybridized carbons (Fsp3) is 0.118. The van der Waals surface area contributed by atoms with Gasteiger partial charge < -0.3 is 19.4 Å². The summed E-state index contributed by atoms with van der Waals surface area (Å²) >= 11 is 0. The first-order valence-corrected chi connectivity index (χ1v) is 6.97. The molecule has 22 heavy (non-hydrogen) atoms. The third kappa shape index (κ3) is 2.07. The van der Waals surface area contributed by atoms with Gasteiger partial charge in [-0.15, -0.1) is 0 Å². The molecule has 0 spiro atoms. The average molecular weight is 294 g/mol. The van der Waals surface area contributed by atoms with Gasteiger partial charge in [-0.1, -0.05) is 0 Å². The Hall–Kier alpha value is -2.95. The number of hydrogen-bond donors (Lipinski definition) is 1. The minimum Gasteiger partial charge on any atom is -0.454 e. The monoisotopic (exact) mass is 294 g/mol. The van der Waals surface area contributed by atoms with Crippen LogP contribution in [0.2, 0.25) is 0 Å². The van der Waals surface area contributed by atoms with Crippen LogP contribution in [0.4, 0.5) is 5.69 Å². The van der Waals surface area contributed by atoms with Crippen LogP contribution in [0.25, 0.3) is 10.9 Å². The lowest BCUT2D eigenvalue weighted by Gasteiger charge is -2.07. The summed E-state index contributed by atoms with van der Waals surface area (Å²) in [5.74, 6) is 1.20. The lowest BCUT2D eigenvalue weighted by molar-refractivity contribution is 0.102. The smallest absolute Gasteiger partial charge is 0.255 e. The minimum atomic E-state index is -0.149. The van der Waals surface area contributed by atoms with E-state index in [4.69, 9.17) is 9.47 Å². The number of carbonyl (C=O) groups excluding carboxylic acids is 1. The summed E-state index contributed by atoms with van der Waals surface area (Å²) < 4.78 is 12.6. The molecule has 5 nitrogen and oxygen atoms in total. The van der Waals surface area contributed by atoms with Crippen LogP contribution in [-0.4, -0.2) is 17.3 Å². The Morgan fingerprint density at radius 2 is 1.95 bits per heavy atom. The number of aryl methyl sites for hydroxylation is 1. The standard InChI is InChI=1S/C17H14N2O3/c1-19-7-6-11-8-12(2-4-14(11)19)17(20)18-13-3-5-15-16(9-13)22-10-21-15/h2-9H,10H2,1H3,(H,18,20). The number of nitrogens with one attached hydrogen (secondary N) is 1. The number of nitrogens with zero attached hydrogens (tertiary/aromatic N) is 1. The lowest BCUT2D eigenvalue weighted by Crippen LogP contribution is -2.11. The van der Waals surface area contributed by atoms with Crippen LogP contribution in [0.1, 0.15) is 10.4 Å². The maximum Gasteiger partial charge on any atom is 0.255 e. The third-order valence-electron chi connectivity index (χ3n) is 3.78. The number of benzene rings is 2. The number of fused-ring (bicyclic) bond motifs is 2. The van der Waals surface area contributed by atoms with Gasteiger partial charge in [-0.05, 0) is 36.4 Å². The van der Waals surface area contributed by atoms with Gasteiger partial charge in [-0.3, -0.25) is 4.79 Å². The maximum absolute atomic E-state index is 12.4. The first-order valence-electron chi connectivity index (χ1n) is 6.97. The number of rotatable bonds is 2. The first-order chi connectivity index (χ1) is 10.7. The zero-order valence-electron chi connectivity index (χ0n) is 12.0. The van der Waals surface area contributed by atoms with Crippen molar-refractivity contribution in [3.05, 3.63) is 54.2 Å². The van der Waals surface area contributed by atoms with E-state index < -0.39 is 0 Å². The zero-order chi connectivity index (χ0) is 15.1. The van der Waals surface area contributed by atoms with E-state index in [2.05, 4.69) is 5.32 Å². The molecule has 2 heterocycles. The molecule has 0 saturated carbocycles. The quantitative estimate of drug-likeness (QED) is 0.790. The second-order valence-corrected chi connectivity index (χ2v) is 5.22. The molecule has 1 aromatic heterocycles. The SMILES string of the molecule is Cn1ccc2cc(C(=O)Nc3ccc4c(c3)OCO4)ccc21. The topological polar surface area (TPSA) is 52.5 Å². The molecule has 0 unspecified atom stereocenters. The Labute approximate surface area is 127 Å². The molecule has 1 N–H and O–H groups in total. The fourth-order valence-electron chi connectivity index (χ4n) is 2.60. The van der Waals surface area contributed by atoms with Gasteiger partial charge in [0.1, 0.15) is 0 Å². The van der Waals surface area contributed by atoms with Gasteiger partial charge in [0.15, 0.2) is 11.5 Å². The fourth-order valence-corrected chi connectivity index (χ4v) is 2.60. The molecular weight excluding hydrogens is 280 g/mol. The molecule has 110 valence electrons. The Bertz CT molecular complexity index is 883. The molecule has 1 aliphatic heterocycles. The molecule has 0 bridgehead atoms. The largest absolute Gasteiger partial charge is 0.454 e.